The van der Waals surface area contributed by atoms with Crippen LogP contribution in [0.5, 0.6) is 0 Å². The molecule has 1 aliphatic carbocycles. The predicted octanol–water partition coefficient (Wildman–Crippen LogP) is 5.42. The van der Waals surface area contributed by atoms with Gasteiger partial charge in [-0.15, -0.1) is 0 Å². The molecule has 2 aromatic carbocycles. The second kappa shape index (κ2) is 8.87. The van der Waals surface area contributed by atoms with Gasteiger partial charge >= 0.3 is 0 Å². The highest BCUT2D eigenvalue weighted by atomic mass is 35.5. The molecule has 1 aliphatic heterocycles. The minimum Gasteiger partial charge on any atom is -0.324 e. The summed E-state index contributed by atoms with van der Waals surface area (Å²) in [5.41, 5.74) is 5.43. The van der Waals surface area contributed by atoms with Crippen LogP contribution in [0.1, 0.15) is 24.0 Å². The van der Waals surface area contributed by atoms with Gasteiger partial charge < -0.3 is 10.6 Å². The molecule has 0 saturated heterocycles. The average molecular weight is 542 g/mol. The first-order chi connectivity index (χ1) is 18.5. The number of fused-ring (bicyclic) bond motifs is 3. The summed E-state index contributed by atoms with van der Waals surface area (Å²) in [7, 11) is 0. The summed E-state index contributed by atoms with van der Waals surface area (Å²) in [6.45, 7) is 1.88. The highest BCUT2D eigenvalue weighted by Gasteiger charge is 2.46. The third-order valence-electron chi connectivity index (χ3n) is 7.30. The number of anilines is 2. The molecule has 2 N–H and O–H groups in total. The van der Waals surface area contributed by atoms with Gasteiger partial charge in [-0.1, -0.05) is 35.3 Å². The summed E-state index contributed by atoms with van der Waals surface area (Å²) >= 11 is 12.9. The Kier molecular flexibility index (Phi) is 5.43. The van der Waals surface area contributed by atoms with Crippen molar-refractivity contribution in [1.82, 2.24) is 30.0 Å². The van der Waals surface area contributed by atoms with Crippen LogP contribution in [0, 0.1) is 0 Å². The van der Waals surface area contributed by atoms with Crippen molar-refractivity contribution in [2.75, 3.05) is 11.9 Å². The van der Waals surface area contributed by atoms with E-state index in [1.165, 1.54) is 34.8 Å². The smallest absolute Gasteiger partial charge is 0.282 e. The Bertz CT molecular complexity index is 1760. The van der Waals surface area contributed by atoms with Crippen LogP contribution in [0.25, 0.3) is 27.8 Å². The van der Waals surface area contributed by atoms with Gasteiger partial charge in [-0.05, 0) is 60.4 Å². The number of nitrogens with zero attached hydrogens (tertiary/aromatic N) is 5. The highest BCUT2D eigenvalue weighted by Crippen LogP contribution is 2.50. The minimum absolute atomic E-state index is 0.290. The molecule has 1 saturated carbocycles. The molecule has 7 rings (SSSR count). The van der Waals surface area contributed by atoms with E-state index >= 15 is 0 Å². The summed E-state index contributed by atoms with van der Waals surface area (Å²) in [6.07, 6.45) is 7.30. The SMILES string of the molecule is O=c1c2cnc(Nc3ccc4c(c3)CNCC43CC3)nc2c(-c2ccncc2)nn1-c1c(Cl)cccc1Cl. The predicted molar refractivity (Wildman–Crippen MR) is 149 cm³/mol. The zero-order valence-corrected chi connectivity index (χ0v) is 21.6. The van der Waals surface area contributed by atoms with Gasteiger partial charge in [0.15, 0.2) is 0 Å². The number of benzene rings is 2. The standard InChI is InChI=1S/C28H21Cl2N7O/c29-21-2-1-3-22(30)25(21)37-26(38)19-14-33-27(35-24(19)23(36-37)16-6-10-31-11-7-16)34-18-4-5-20-17(12-18)13-32-15-28(20)8-9-28/h1-7,10-12,14,32H,8-9,13,15H2,(H,33,34,35). The van der Waals surface area contributed by atoms with Crippen molar-refractivity contribution in [3.8, 4) is 16.9 Å². The van der Waals surface area contributed by atoms with Crippen molar-refractivity contribution in [3.05, 3.63) is 98.6 Å². The van der Waals surface area contributed by atoms with Crippen LogP contribution in [-0.4, -0.2) is 31.3 Å². The Hall–Kier alpha value is -3.85. The van der Waals surface area contributed by atoms with Crippen LogP contribution >= 0.6 is 23.2 Å². The minimum atomic E-state index is -0.422. The molecular weight excluding hydrogens is 521 g/mol. The Morgan fingerprint density at radius 3 is 2.58 bits per heavy atom. The van der Waals surface area contributed by atoms with Crippen LogP contribution in [0.4, 0.5) is 11.6 Å². The number of aromatic nitrogens is 5. The summed E-state index contributed by atoms with van der Waals surface area (Å²) < 4.78 is 1.21. The number of hydrogen-bond acceptors (Lipinski definition) is 7. The maximum Gasteiger partial charge on any atom is 0.282 e. The molecule has 1 spiro atoms. The van der Waals surface area contributed by atoms with Gasteiger partial charge in [0, 0.05) is 48.3 Å². The summed E-state index contributed by atoms with van der Waals surface area (Å²) in [5, 5.41) is 12.4. The molecule has 38 heavy (non-hydrogen) atoms. The lowest BCUT2D eigenvalue weighted by Crippen LogP contribution is -2.33. The van der Waals surface area contributed by atoms with Crippen molar-refractivity contribution in [3.63, 3.8) is 0 Å². The van der Waals surface area contributed by atoms with E-state index in [2.05, 4.69) is 43.9 Å². The molecule has 3 aromatic heterocycles. The highest BCUT2D eigenvalue weighted by molar-refractivity contribution is 6.37. The fourth-order valence-electron chi connectivity index (χ4n) is 5.23. The van der Waals surface area contributed by atoms with E-state index in [9.17, 15) is 4.79 Å². The second-order valence-corrected chi connectivity index (χ2v) is 10.5. The summed E-state index contributed by atoms with van der Waals surface area (Å²) in [4.78, 5) is 26.9. The molecule has 0 atom stereocenters. The average Bonchev–Trinajstić information content (AvgIpc) is 3.70. The molecule has 0 radical (unpaired) electrons. The number of hydrogen-bond donors (Lipinski definition) is 2. The first-order valence-corrected chi connectivity index (χ1v) is 13.0. The number of halogens is 2. The fourth-order valence-corrected chi connectivity index (χ4v) is 5.78. The fraction of sp³-hybridized carbons (Fsp3) is 0.179. The van der Waals surface area contributed by atoms with E-state index in [-0.39, 0.29) is 0 Å². The van der Waals surface area contributed by atoms with E-state index in [4.69, 9.17) is 28.2 Å². The van der Waals surface area contributed by atoms with E-state index in [1.54, 1.807) is 30.6 Å². The van der Waals surface area contributed by atoms with Gasteiger partial charge in [0.05, 0.1) is 15.4 Å². The normalized spacial score (nSPS) is 15.4. The van der Waals surface area contributed by atoms with Crippen LogP contribution in [-0.2, 0) is 12.0 Å². The van der Waals surface area contributed by atoms with Crippen molar-refractivity contribution < 1.29 is 0 Å². The van der Waals surface area contributed by atoms with Crippen LogP contribution < -0.4 is 16.2 Å². The number of para-hydroxylation sites is 1. The third kappa shape index (κ3) is 3.84. The van der Waals surface area contributed by atoms with Gasteiger partial charge in [-0.2, -0.15) is 9.78 Å². The van der Waals surface area contributed by atoms with Gasteiger partial charge in [0.2, 0.25) is 5.95 Å². The Balaban J connectivity index is 1.36. The molecule has 1 fully saturated rings. The monoisotopic (exact) mass is 541 g/mol. The molecule has 0 amide bonds. The first kappa shape index (κ1) is 23.3. The van der Waals surface area contributed by atoms with Crippen molar-refractivity contribution in [2.24, 2.45) is 0 Å². The lowest BCUT2D eigenvalue weighted by atomic mass is 9.88. The zero-order chi connectivity index (χ0) is 25.9. The van der Waals surface area contributed by atoms with E-state index in [0.29, 0.717) is 43.7 Å². The molecule has 188 valence electrons. The van der Waals surface area contributed by atoms with Gasteiger partial charge in [-0.25, -0.2) is 9.97 Å². The van der Waals surface area contributed by atoms with E-state index in [1.807, 2.05) is 12.1 Å². The molecule has 0 unspecified atom stereocenters. The molecule has 0 bridgehead atoms. The van der Waals surface area contributed by atoms with Gasteiger partial charge in [0.25, 0.3) is 5.56 Å². The third-order valence-corrected chi connectivity index (χ3v) is 7.91. The number of nitrogens with one attached hydrogen (secondary N) is 2. The van der Waals surface area contributed by atoms with Crippen LogP contribution in [0.15, 0.2) is 71.9 Å². The number of pyridine rings is 1. The molecule has 2 aliphatic rings. The van der Waals surface area contributed by atoms with Crippen LogP contribution in [0.3, 0.4) is 0 Å². The van der Waals surface area contributed by atoms with Crippen LogP contribution in [0.2, 0.25) is 10.0 Å². The lowest BCUT2D eigenvalue weighted by molar-refractivity contribution is 0.531. The molecular formula is C28H21Cl2N7O. The lowest BCUT2D eigenvalue weighted by Gasteiger charge is -2.26. The van der Waals surface area contributed by atoms with Gasteiger partial charge in [-0.3, -0.25) is 9.78 Å². The largest absolute Gasteiger partial charge is 0.324 e. The zero-order valence-electron chi connectivity index (χ0n) is 20.1. The second-order valence-electron chi connectivity index (χ2n) is 9.71. The van der Waals surface area contributed by atoms with E-state index in [0.717, 1.165) is 24.3 Å². The van der Waals surface area contributed by atoms with Gasteiger partial charge in [0.1, 0.15) is 16.9 Å². The summed E-state index contributed by atoms with van der Waals surface area (Å²) in [5.74, 6) is 0.368. The number of rotatable bonds is 4. The maximum absolute atomic E-state index is 13.6. The first-order valence-electron chi connectivity index (χ1n) is 12.3. The molecule has 5 aromatic rings. The van der Waals surface area contributed by atoms with Crippen molar-refractivity contribution in [2.45, 2.75) is 24.8 Å². The van der Waals surface area contributed by atoms with Crippen molar-refractivity contribution >= 4 is 45.7 Å². The van der Waals surface area contributed by atoms with E-state index < -0.39 is 5.56 Å². The quantitative estimate of drug-likeness (QED) is 0.313. The molecule has 10 heteroatoms. The Morgan fingerprint density at radius 2 is 1.82 bits per heavy atom. The Labute approximate surface area is 227 Å². The molecule has 4 heterocycles. The maximum atomic E-state index is 13.6. The Morgan fingerprint density at radius 1 is 1.03 bits per heavy atom. The summed E-state index contributed by atoms with van der Waals surface area (Å²) in [6, 6.07) is 15.1. The molecule has 8 nitrogen and oxygen atoms in total. The topological polar surface area (TPSA) is 97.6 Å². The van der Waals surface area contributed by atoms with Crippen molar-refractivity contribution in [1.29, 1.82) is 0 Å².